The van der Waals surface area contributed by atoms with Gasteiger partial charge in [0.25, 0.3) is 0 Å². The standard InChI is InChI=1S/C14H9Br2N3/c1-8-6-10(9-4-2-3-5-11(9)17-8)14-18-12(15)7-13(16)19-14/h2-7H,1H3. The van der Waals surface area contributed by atoms with Gasteiger partial charge in [-0.15, -0.1) is 0 Å². The molecule has 0 N–H and O–H groups in total. The van der Waals surface area contributed by atoms with Gasteiger partial charge in [-0.05, 0) is 50.9 Å². The van der Waals surface area contributed by atoms with Crippen LogP contribution in [0.1, 0.15) is 5.69 Å². The number of aromatic nitrogens is 3. The van der Waals surface area contributed by atoms with E-state index < -0.39 is 0 Å². The van der Waals surface area contributed by atoms with E-state index in [-0.39, 0.29) is 0 Å². The highest BCUT2D eigenvalue weighted by Crippen LogP contribution is 2.28. The summed E-state index contributed by atoms with van der Waals surface area (Å²) in [5, 5.41) is 1.05. The molecule has 3 rings (SSSR count). The van der Waals surface area contributed by atoms with Gasteiger partial charge in [-0.1, -0.05) is 18.2 Å². The van der Waals surface area contributed by atoms with Crippen LogP contribution in [0.3, 0.4) is 0 Å². The second-order valence-corrected chi connectivity index (χ2v) is 5.79. The van der Waals surface area contributed by atoms with E-state index in [1.807, 2.05) is 43.3 Å². The molecule has 3 aromatic rings. The van der Waals surface area contributed by atoms with Gasteiger partial charge in [-0.3, -0.25) is 4.98 Å². The number of halogens is 2. The lowest BCUT2D eigenvalue weighted by atomic mass is 10.1. The molecule has 0 aliphatic rings. The van der Waals surface area contributed by atoms with Gasteiger partial charge in [0.1, 0.15) is 9.21 Å². The highest BCUT2D eigenvalue weighted by atomic mass is 79.9. The maximum Gasteiger partial charge on any atom is 0.162 e. The van der Waals surface area contributed by atoms with Crippen LogP contribution >= 0.6 is 31.9 Å². The van der Waals surface area contributed by atoms with Crippen LogP contribution in [0.25, 0.3) is 22.3 Å². The van der Waals surface area contributed by atoms with Crippen LogP contribution in [0.5, 0.6) is 0 Å². The lowest BCUT2D eigenvalue weighted by Crippen LogP contribution is -1.94. The predicted molar refractivity (Wildman–Crippen MR) is 82.9 cm³/mol. The fourth-order valence-corrected chi connectivity index (χ4v) is 3.08. The van der Waals surface area contributed by atoms with E-state index in [0.717, 1.165) is 31.4 Å². The summed E-state index contributed by atoms with van der Waals surface area (Å²) in [6, 6.07) is 11.8. The van der Waals surface area contributed by atoms with Gasteiger partial charge < -0.3 is 0 Å². The largest absolute Gasteiger partial charge is 0.253 e. The first-order chi connectivity index (χ1) is 9.13. The Balaban J connectivity index is 2.35. The minimum Gasteiger partial charge on any atom is -0.253 e. The van der Waals surface area contributed by atoms with Gasteiger partial charge in [-0.2, -0.15) is 0 Å². The molecule has 0 aliphatic heterocycles. The molecule has 2 heterocycles. The summed E-state index contributed by atoms with van der Waals surface area (Å²) in [6.45, 7) is 1.98. The molecule has 0 saturated carbocycles. The third-order valence-electron chi connectivity index (χ3n) is 2.75. The molecule has 0 bridgehead atoms. The third-order valence-corrected chi connectivity index (χ3v) is 3.56. The zero-order valence-corrected chi connectivity index (χ0v) is 13.2. The van der Waals surface area contributed by atoms with Gasteiger partial charge in [-0.25, -0.2) is 9.97 Å². The average molecular weight is 379 g/mol. The molecule has 0 aliphatic carbocycles. The second kappa shape index (κ2) is 4.98. The fraction of sp³-hybridized carbons (Fsp3) is 0.0714. The van der Waals surface area contributed by atoms with E-state index in [2.05, 4.69) is 46.8 Å². The summed E-state index contributed by atoms with van der Waals surface area (Å²) in [7, 11) is 0. The summed E-state index contributed by atoms with van der Waals surface area (Å²) in [4.78, 5) is 13.4. The van der Waals surface area contributed by atoms with Crippen molar-refractivity contribution in [3.63, 3.8) is 0 Å². The van der Waals surface area contributed by atoms with Crippen molar-refractivity contribution in [3.8, 4) is 11.4 Å². The average Bonchev–Trinajstić information content (AvgIpc) is 2.36. The smallest absolute Gasteiger partial charge is 0.162 e. The number of hydrogen-bond donors (Lipinski definition) is 0. The molecule has 0 unspecified atom stereocenters. The van der Waals surface area contributed by atoms with Crippen molar-refractivity contribution < 1.29 is 0 Å². The van der Waals surface area contributed by atoms with Gasteiger partial charge >= 0.3 is 0 Å². The molecule has 0 saturated heterocycles. The molecule has 0 atom stereocenters. The Hall–Kier alpha value is -1.33. The molecule has 0 amide bonds. The molecule has 0 spiro atoms. The predicted octanol–water partition coefficient (Wildman–Crippen LogP) is 4.53. The van der Waals surface area contributed by atoms with Crippen molar-refractivity contribution in [1.82, 2.24) is 15.0 Å². The highest BCUT2D eigenvalue weighted by molar-refractivity contribution is 9.11. The van der Waals surface area contributed by atoms with E-state index in [9.17, 15) is 0 Å². The van der Waals surface area contributed by atoms with Crippen LogP contribution in [0.15, 0.2) is 45.6 Å². The van der Waals surface area contributed by atoms with Crippen molar-refractivity contribution >= 4 is 42.8 Å². The zero-order chi connectivity index (χ0) is 13.4. The van der Waals surface area contributed by atoms with E-state index in [4.69, 9.17) is 0 Å². The van der Waals surface area contributed by atoms with Crippen molar-refractivity contribution in [2.45, 2.75) is 6.92 Å². The molecule has 0 radical (unpaired) electrons. The zero-order valence-electron chi connectivity index (χ0n) is 10.1. The third kappa shape index (κ3) is 2.53. The summed E-state index contributed by atoms with van der Waals surface area (Å²) in [5.74, 6) is 0.683. The molecule has 0 fully saturated rings. The van der Waals surface area contributed by atoms with Gasteiger partial charge in [0, 0.05) is 22.7 Å². The highest BCUT2D eigenvalue weighted by Gasteiger charge is 2.10. The minimum atomic E-state index is 0.683. The summed E-state index contributed by atoms with van der Waals surface area (Å²) in [5.41, 5.74) is 2.90. The molecule has 2 aromatic heterocycles. The number of para-hydroxylation sites is 1. The van der Waals surface area contributed by atoms with Crippen LogP contribution in [0.2, 0.25) is 0 Å². The number of pyridine rings is 1. The first kappa shape index (κ1) is 12.7. The van der Waals surface area contributed by atoms with Crippen molar-refractivity contribution in [3.05, 3.63) is 51.3 Å². The molecule has 94 valence electrons. The first-order valence-electron chi connectivity index (χ1n) is 5.70. The number of fused-ring (bicyclic) bond motifs is 1. The van der Waals surface area contributed by atoms with Crippen LogP contribution in [0.4, 0.5) is 0 Å². The SMILES string of the molecule is Cc1cc(-c2nc(Br)cc(Br)n2)c2ccccc2n1. The summed E-state index contributed by atoms with van der Waals surface area (Å²) < 4.78 is 1.51. The van der Waals surface area contributed by atoms with E-state index in [1.165, 1.54) is 0 Å². The normalized spacial score (nSPS) is 10.9. The molecule has 5 heteroatoms. The van der Waals surface area contributed by atoms with Gasteiger partial charge in [0.15, 0.2) is 5.82 Å². The van der Waals surface area contributed by atoms with Crippen LogP contribution in [-0.4, -0.2) is 15.0 Å². The Labute approximate surface area is 127 Å². The van der Waals surface area contributed by atoms with E-state index in [0.29, 0.717) is 5.82 Å². The Morgan fingerprint density at radius 1 is 0.895 bits per heavy atom. The Kier molecular flexibility index (Phi) is 3.33. The van der Waals surface area contributed by atoms with E-state index in [1.54, 1.807) is 0 Å². The first-order valence-corrected chi connectivity index (χ1v) is 7.29. The quantitative estimate of drug-likeness (QED) is 0.584. The van der Waals surface area contributed by atoms with Crippen LogP contribution < -0.4 is 0 Å². The molecule has 3 nitrogen and oxygen atoms in total. The van der Waals surface area contributed by atoms with Crippen molar-refractivity contribution in [2.24, 2.45) is 0 Å². The number of nitrogens with zero attached hydrogens (tertiary/aromatic N) is 3. The Bertz CT molecular complexity index is 751. The molecule has 1 aromatic carbocycles. The Morgan fingerprint density at radius 3 is 2.32 bits per heavy atom. The van der Waals surface area contributed by atoms with Crippen molar-refractivity contribution in [2.75, 3.05) is 0 Å². The minimum absolute atomic E-state index is 0.683. The van der Waals surface area contributed by atoms with Crippen molar-refractivity contribution in [1.29, 1.82) is 0 Å². The van der Waals surface area contributed by atoms with Crippen LogP contribution in [0, 0.1) is 6.92 Å². The summed E-state index contributed by atoms with van der Waals surface area (Å²) in [6.07, 6.45) is 0. The van der Waals surface area contributed by atoms with Gasteiger partial charge in [0.05, 0.1) is 5.52 Å². The lowest BCUT2D eigenvalue weighted by Gasteiger charge is -2.07. The second-order valence-electron chi connectivity index (χ2n) is 4.17. The molecular formula is C14H9Br2N3. The maximum absolute atomic E-state index is 4.53. The molecular weight excluding hydrogens is 370 g/mol. The monoisotopic (exact) mass is 377 g/mol. The Morgan fingerprint density at radius 2 is 1.58 bits per heavy atom. The number of benzene rings is 1. The van der Waals surface area contributed by atoms with E-state index >= 15 is 0 Å². The number of aryl methyl sites for hydroxylation is 1. The molecule has 19 heavy (non-hydrogen) atoms. The summed E-state index contributed by atoms with van der Waals surface area (Å²) >= 11 is 6.79. The topological polar surface area (TPSA) is 38.7 Å². The van der Waals surface area contributed by atoms with Gasteiger partial charge in [0.2, 0.25) is 0 Å². The number of hydrogen-bond acceptors (Lipinski definition) is 3. The number of rotatable bonds is 1. The fourth-order valence-electron chi connectivity index (χ4n) is 2.00. The van der Waals surface area contributed by atoms with Crippen LogP contribution in [-0.2, 0) is 0 Å². The maximum atomic E-state index is 4.53. The lowest BCUT2D eigenvalue weighted by molar-refractivity contribution is 1.12.